The highest BCUT2D eigenvalue weighted by Crippen LogP contribution is 2.39. The van der Waals surface area contributed by atoms with Crippen molar-refractivity contribution >= 4 is 23.4 Å². The largest absolute Gasteiger partial charge is 0.493 e. The molecular weight excluding hydrogens is 272 g/mol. The number of hydrogen-bond donors (Lipinski definition) is 0. The highest BCUT2D eigenvalue weighted by Gasteiger charge is 2.13. The molecule has 0 saturated carbocycles. The zero-order chi connectivity index (χ0) is 13.4. The van der Waals surface area contributed by atoms with Crippen LogP contribution in [0.5, 0.6) is 17.2 Å². The van der Waals surface area contributed by atoms with E-state index in [0.717, 1.165) is 17.7 Å². The number of thioether (sulfide) groups is 1. The molecule has 18 heavy (non-hydrogen) atoms. The molecule has 0 aliphatic heterocycles. The maximum absolute atomic E-state index is 5.83. The summed E-state index contributed by atoms with van der Waals surface area (Å²) in [5, 5.41) is 0. The Bertz CT molecular complexity index is 346. The van der Waals surface area contributed by atoms with Gasteiger partial charge < -0.3 is 14.2 Å². The van der Waals surface area contributed by atoms with Crippen LogP contribution in [0.4, 0.5) is 0 Å². The van der Waals surface area contributed by atoms with E-state index in [0.29, 0.717) is 29.7 Å². The summed E-state index contributed by atoms with van der Waals surface area (Å²) in [6, 6.07) is 3.75. The van der Waals surface area contributed by atoms with Crippen molar-refractivity contribution in [3.8, 4) is 17.2 Å². The molecular formula is C13H19ClO3S. The summed E-state index contributed by atoms with van der Waals surface area (Å²) < 4.78 is 16.4. The van der Waals surface area contributed by atoms with Gasteiger partial charge in [0.05, 0.1) is 20.8 Å². The molecule has 0 spiro atoms. The fourth-order valence-corrected chi connectivity index (χ4v) is 2.09. The van der Waals surface area contributed by atoms with Gasteiger partial charge in [0.25, 0.3) is 0 Å². The summed E-state index contributed by atoms with van der Waals surface area (Å²) >= 11 is 7.63. The Morgan fingerprint density at radius 2 is 1.78 bits per heavy atom. The van der Waals surface area contributed by atoms with Crippen molar-refractivity contribution in [1.29, 1.82) is 0 Å². The lowest BCUT2D eigenvalue weighted by Crippen LogP contribution is -2.03. The number of hydrogen-bond acceptors (Lipinski definition) is 4. The second-order valence-electron chi connectivity index (χ2n) is 3.66. The van der Waals surface area contributed by atoms with E-state index in [2.05, 4.69) is 6.26 Å². The molecule has 5 heteroatoms. The van der Waals surface area contributed by atoms with E-state index in [1.165, 1.54) is 0 Å². The lowest BCUT2D eigenvalue weighted by Gasteiger charge is -2.15. The Kier molecular flexibility index (Phi) is 7.13. The minimum Gasteiger partial charge on any atom is -0.493 e. The van der Waals surface area contributed by atoms with E-state index in [1.54, 1.807) is 26.0 Å². The summed E-state index contributed by atoms with van der Waals surface area (Å²) in [6.07, 6.45) is 3.07. The van der Waals surface area contributed by atoms with Crippen LogP contribution in [-0.4, -0.2) is 32.8 Å². The summed E-state index contributed by atoms with van der Waals surface area (Å²) in [5.74, 6) is 3.46. The standard InChI is InChI=1S/C13H19ClO3S/c1-15-11-7-10(9-14)8-12(16-2)13(11)17-5-4-6-18-3/h7-8H,4-6,9H2,1-3H3. The monoisotopic (exact) mass is 290 g/mol. The average Bonchev–Trinajstić information content (AvgIpc) is 2.42. The Labute approximate surface area is 118 Å². The average molecular weight is 291 g/mol. The lowest BCUT2D eigenvalue weighted by molar-refractivity contribution is 0.275. The first-order valence-electron chi connectivity index (χ1n) is 5.69. The van der Waals surface area contributed by atoms with Crippen LogP contribution in [0.2, 0.25) is 0 Å². The molecule has 0 aliphatic rings. The van der Waals surface area contributed by atoms with Gasteiger partial charge in [0.15, 0.2) is 11.5 Å². The van der Waals surface area contributed by atoms with E-state index < -0.39 is 0 Å². The predicted molar refractivity (Wildman–Crippen MR) is 77.6 cm³/mol. The molecule has 0 bridgehead atoms. The third-order valence-corrected chi connectivity index (χ3v) is 3.42. The molecule has 0 amide bonds. The summed E-state index contributed by atoms with van der Waals surface area (Å²) in [7, 11) is 3.23. The van der Waals surface area contributed by atoms with Crippen molar-refractivity contribution in [2.24, 2.45) is 0 Å². The van der Waals surface area contributed by atoms with Crippen molar-refractivity contribution < 1.29 is 14.2 Å². The Morgan fingerprint density at radius 1 is 1.17 bits per heavy atom. The Hall–Kier alpha value is -0.740. The first kappa shape index (κ1) is 15.3. The zero-order valence-corrected chi connectivity index (χ0v) is 12.6. The van der Waals surface area contributed by atoms with Crippen LogP contribution in [0.15, 0.2) is 12.1 Å². The van der Waals surface area contributed by atoms with Crippen LogP contribution in [0, 0.1) is 0 Å². The molecule has 3 nitrogen and oxygen atoms in total. The molecule has 1 aromatic carbocycles. The van der Waals surface area contributed by atoms with Gasteiger partial charge in [-0.05, 0) is 36.1 Å². The quantitative estimate of drug-likeness (QED) is 0.540. The van der Waals surface area contributed by atoms with E-state index in [-0.39, 0.29) is 0 Å². The number of halogens is 1. The molecule has 0 unspecified atom stereocenters. The number of ether oxygens (including phenoxy) is 3. The van der Waals surface area contributed by atoms with Gasteiger partial charge in [0.1, 0.15) is 0 Å². The lowest BCUT2D eigenvalue weighted by atomic mass is 10.2. The second-order valence-corrected chi connectivity index (χ2v) is 4.91. The summed E-state index contributed by atoms with van der Waals surface area (Å²) in [5.41, 5.74) is 0.946. The molecule has 0 radical (unpaired) electrons. The third kappa shape index (κ3) is 4.18. The molecule has 0 N–H and O–H groups in total. The van der Waals surface area contributed by atoms with Crippen LogP contribution in [0.25, 0.3) is 0 Å². The van der Waals surface area contributed by atoms with Crippen LogP contribution < -0.4 is 14.2 Å². The Balaban J connectivity index is 2.85. The molecule has 0 aromatic heterocycles. The molecule has 0 atom stereocenters. The maximum atomic E-state index is 5.83. The second kappa shape index (κ2) is 8.38. The summed E-state index contributed by atoms with van der Waals surface area (Å²) in [4.78, 5) is 0. The molecule has 1 rings (SSSR count). The highest BCUT2D eigenvalue weighted by atomic mass is 35.5. The van der Waals surface area contributed by atoms with Crippen molar-refractivity contribution in [1.82, 2.24) is 0 Å². The van der Waals surface area contributed by atoms with Gasteiger partial charge in [-0.1, -0.05) is 0 Å². The zero-order valence-electron chi connectivity index (χ0n) is 11.0. The van der Waals surface area contributed by atoms with Gasteiger partial charge in [0.2, 0.25) is 5.75 Å². The first-order chi connectivity index (χ1) is 8.76. The molecule has 0 heterocycles. The van der Waals surface area contributed by atoms with E-state index in [4.69, 9.17) is 25.8 Å². The van der Waals surface area contributed by atoms with Crippen LogP contribution in [0.3, 0.4) is 0 Å². The van der Waals surface area contributed by atoms with Crippen LogP contribution in [0.1, 0.15) is 12.0 Å². The topological polar surface area (TPSA) is 27.7 Å². The minimum absolute atomic E-state index is 0.416. The van der Waals surface area contributed by atoms with E-state index in [9.17, 15) is 0 Å². The van der Waals surface area contributed by atoms with Gasteiger partial charge in [-0.3, -0.25) is 0 Å². The van der Waals surface area contributed by atoms with Crippen LogP contribution in [-0.2, 0) is 5.88 Å². The Morgan fingerprint density at radius 3 is 2.22 bits per heavy atom. The highest BCUT2D eigenvalue weighted by molar-refractivity contribution is 7.98. The smallest absolute Gasteiger partial charge is 0.203 e. The first-order valence-corrected chi connectivity index (χ1v) is 7.62. The normalized spacial score (nSPS) is 10.2. The molecule has 0 fully saturated rings. The van der Waals surface area contributed by atoms with Gasteiger partial charge in [0, 0.05) is 5.88 Å². The van der Waals surface area contributed by atoms with Crippen molar-refractivity contribution in [3.05, 3.63) is 17.7 Å². The van der Waals surface area contributed by atoms with Crippen molar-refractivity contribution in [3.63, 3.8) is 0 Å². The maximum Gasteiger partial charge on any atom is 0.203 e. The van der Waals surface area contributed by atoms with Crippen LogP contribution >= 0.6 is 23.4 Å². The SMILES string of the molecule is COc1cc(CCl)cc(OC)c1OCCCSC. The van der Waals surface area contributed by atoms with Gasteiger partial charge in [-0.25, -0.2) is 0 Å². The predicted octanol–water partition coefficient (Wildman–Crippen LogP) is 3.57. The third-order valence-electron chi connectivity index (χ3n) is 2.41. The van der Waals surface area contributed by atoms with Crippen molar-refractivity contribution in [2.45, 2.75) is 12.3 Å². The number of alkyl halides is 1. The van der Waals surface area contributed by atoms with Gasteiger partial charge >= 0.3 is 0 Å². The minimum atomic E-state index is 0.416. The number of rotatable bonds is 8. The molecule has 0 saturated heterocycles. The fraction of sp³-hybridized carbons (Fsp3) is 0.538. The van der Waals surface area contributed by atoms with Gasteiger partial charge in [-0.15, -0.1) is 11.6 Å². The molecule has 1 aromatic rings. The summed E-state index contributed by atoms with van der Waals surface area (Å²) in [6.45, 7) is 0.647. The van der Waals surface area contributed by atoms with Gasteiger partial charge in [-0.2, -0.15) is 11.8 Å². The van der Waals surface area contributed by atoms with E-state index in [1.807, 2.05) is 12.1 Å². The van der Waals surface area contributed by atoms with Crippen molar-refractivity contribution in [2.75, 3.05) is 32.8 Å². The number of methoxy groups -OCH3 is 2. The molecule has 0 aliphatic carbocycles. The fourth-order valence-electron chi connectivity index (χ4n) is 1.53. The van der Waals surface area contributed by atoms with E-state index >= 15 is 0 Å². The molecule has 102 valence electrons. The number of benzene rings is 1.